The van der Waals surface area contributed by atoms with E-state index in [1.807, 2.05) is 0 Å². The summed E-state index contributed by atoms with van der Waals surface area (Å²) >= 11 is 0. The third-order valence-electron chi connectivity index (χ3n) is 0.933. The van der Waals surface area contributed by atoms with E-state index in [4.69, 9.17) is 5.53 Å². The Morgan fingerprint density at radius 2 is 2.22 bits per heavy atom. The molecule has 0 aromatic rings. The molecule has 0 saturated carbocycles. The molecular weight excluding hydrogens is 118 g/mol. The third kappa shape index (κ3) is 7.11. The van der Waals surface area contributed by atoms with Crippen molar-refractivity contribution in [2.24, 2.45) is 0 Å². The molecule has 0 spiro atoms. The second kappa shape index (κ2) is 7.11. The molecule has 0 rings (SSSR count). The first-order chi connectivity index (χ1) is 4.41. The Kier molecular flexibility index (Phi) is 6.41. The number of hydrogen-bond acceptors (Lipinski definition) is 2. The van der Waals surface area contributed by atoms with E-state index in [2.05, 4.69) is 22.0 Å². The van der Waals surface area contributed by atoms with Crippen molar-refractivity contribution in [1.82, 2.24) is 5.28 Å². The quantitative estimate of drug-likeness (QED) is 0.183. The molecule has 0 heterocycles. The molecule has 0 aliphatic carbocycles. The lowest BCUT2D eigenvalue weighted by atomic mass is 10.3. The van der Waals surface area contributed by atoms with E-state index in [-0.39, 0.29) is 0 Å². The smallest absolute Gasteiger partial charge is 0.333 e. The van der Waals surface area contributed by atoms with Crippen LogP contribution in [0.3, 0.4) is 0 Å². The Bertz CT molecular complexity index is 98.4. The van der Waals surface area contributed by atoms with Gasteiger partial charge in [0, 0.05) is 0 Å². The zero-order chi connectivity index (χ0) is 6.95. The Morgan fingerprint density at radius 1 is 1.44 bits per heavy atom. The molecule has 0 bridgehead atoms. The van der Waals surface area contributed by atoms with Crippen LogP contribution >= 0.6 is 0 Å². The first-order valence-corrected chi connectivity index (χ1v) is 3.08. The molecule has 0 N–H and O–H groups in total. The highest BCUT2D eigenvalue weighted by molar-refractivity contribution is 4.33. The minimum Gasteiger partial charge on any atom is -0.333 e. The van der Waals surface area contributed by atoms with Crippen molar-refractivity contribution in [1.29, 1.82) is 0 Å². The van der Waals surface area contributed by atoms with Crippen LogP contribution in [-0.4, -0.2) is 6.61 Å². The van der Waals surface area contributed by atoms with E-state index in [9.17, 15) is 0 Å². The van der Waals surface area contributed by atoms with Crippen molar-refractivity contribution in [3.63, 3.8) is 0 Å². The van der Waals surface area contributed by atoms with Crippen LogP contribution in [0.1, 0.15) is 26.2 Å². The molecule has 1 radical (unpaired) electrons. The molecular formula is C5H11N3O+. The van der Waals surface area contributed by atoms with Gasteiger partial charge in [-0.1, -0.05) is 19.8 Å². The summed E-state index contributed by atoms with van der Waals surface area (Å²) < 4.78 is 0. The van der Waals surface area contributed by atoms with Crippen LogP contribution in [0.4, 0.5) is 0 Å². The largest absolute Gasteiger partial charge is 0.359 e. The molecule has 0 aromatic heterocycles. The SMILES string of the molecule is CCCCCO[N+]=[N+]=[N-]. The highest BCUT2D eigenvalue weighted by Crippen LogP contribution is 1.91. The third-order valence-corrected chi connectivity index (χ3v) is 0.933. The maximum Gasteiger partial charge on any atom is 0.359 e. The zero-order valence-corrected chi connectivity index (χ0v) is 5.58. The van der Waals surface area contributed by atoms with E-state index in [1.54, 1.807) is 0 Å². The second-order valence-corrected chi connectivity index (χ2v) is 1.71. The molecule has 0 saturated heterocycles. The predicted molar refractivity (Wildman–Crippen MR) is 34.3 cm³/mol. The minimum atomic E-state index is 0.540. The van der Waals surface area contributed by atoms with Gasteiger partial charge in [0.25, 0.3) is 4.91 Å². The van der Waals surface area contributed by atoms with Gasteiger partial charge in [0.1, 0.15) is 6.61 Å². The van der Waals surface area contributed by atoms with E-state index < -0.39 is 0 Å². The van der Waals surface area contributed by atoms with Crippen molar-refractivity contribution in [3.8, 4) is 0 Å². The van der Waals surface area contributed by atoms with Gasteiger partial charge in [-0.2, -0.15) is 0 Å². The van der Waals surface area contributed by atoms with Crippen LogP contribution in [-0.2, 0) is 4.84 Å². The number of nitrogens with zero attached hydrogens (tertiary/aromatic N) is 3. The summed E-state index contributed by atoms with van der Waals surface area (Å²) in [6, 6.07) is 0. The van der Waals surface area contributed by atoms with Crippen LogP contribution in [0, 0.1) is 0 Å². The molecule has 0 aliphatic heterocycles. The lowest BCUT2D eigenvalue weighted by molar-refractivity contribution is 0.0877. The summed E-state index contributed by atoms with van der Waals surface area (Å²) in [5.41, 5.74) is 7.76. The monoisotopic (exact) mass is 129 g/mol. The Balaban J connectivity index is 2.82. The van der Waals surface area contributed by atoms with Gasteiger partial charge in [0.15, 0.2) is 0 Å². The summed E-state index contributed by atoms with van der Waals surface area (Å²) in [5.74, 6) is 0. The molecule has 9 heavy (non-hydrogen) atoms. The Labute approximate surface area is 54.4 Å². The fraction of sp³-hybridized carbons (Fsp3) is 1.00. The summed E-state index contributed by atoms with van der Waals surface area (Å²) in [7, 11) is 0. The maximum atomic E-state index is 7.76. The number of azide groups is 1. The number of unbranched alkanes of at least 4 members (excludes halogenated alkanes) is 2. The van der Waals surface area contributed by atoms with Crippen LogP contribution in [0.25, 0.3) is 10.4 Å². The molecule has 0 aromatic carbocycles. The number of rotatable bonds is 5. The molecule has 0 aliphatic rings. The van der Waals surface area contributed by atoms with E-state index in [0.29, 0.717) is 6.61 Å². The highest BCUT2D eigenvalue weighted by Gasteiger charge is 1.87. The van der Waals surface area contributed by atoms with Crippen molar-refractivity contribution in [2.75, 3.05) is 6.61 Å². The molecule has 51 valence electrons. The van der Waals surface area contributed by atoms with E-state index in [1.165, 1.54) is 0 Å². The van der Waals surface area contributed by atoms with Crippen LogP contribution in [0.15, 0.2) is 0 Å². The number of hydrogen-bond donors (Lipinski definition) is 0. The summed E-state index contributed by atoms with van der Waals surface area (Å²) in [6.45, 7) is 2.64. The van der Waals surface area contributed by atoms with Crippen LogP contribution < -0.4 is 5.28 Å². The fourth-order valence-electron chi connectivity index (χ4n) is 0.483. The summed E-state index contributed by atoms with van der Waals surface area (Å²) in [4.78, 5) is 6.93. The molecule has 0 unspecified atom stereocenters. The Hall–Kier alpha value is -0.890. The molecule has 0 amide bonds. The lowest BCUT2D eigenvalue weighted by Crippen LogP contribution is -1.92. The van der Waals surface area contributed by atoms with Crippen LogP contribution in [0.5, 0.6) is 0 Å². The van der Waals surface area contributed by atoms with Gasteiger partial charge in [-0.3, -0.25) is 0 Å². The molecule has 4 nitrogen and oxygen atoms in total. The van der Waals surface area contributed by atoms with Gasteiger partial charge in [-0.05, 0) is 6.42 Å². The van der Waals surface area contributed by atoms with Crippen LogP contribution in [0.2, 0.25) is 0 Å². The topological polar surface area (TPSA) is 59.7 Å². The van der Waals surface area contributed by atoms with Gasteiger partial charge in [0.05, 0.1) is 0 Å². The zero-order valence-electron chi connectivity index (χ0n) is 5.58. The Morgan fingerprint density at radius 3 is 2.78 bits per heavy atom. The van der Waals surface area contributed by atoms with Crippen molar-refractivity contribution < 1.29 is 4.84 Å². The van der Waals surface area contributed by atoms with Gasteiger partial charge in [-0.25, -0.2) is 0 Å². The standard InChI is InChI=1S/C5H11N3O/c1-2-3-4-5-9-8-7-6/h2-5H2,1H3/q+1. The molecule has 0 fully saturated rings. The minimum absolute atomic E-state index is 0.540. The van der Waals surface area contributed by atoms with Crippen molar-refractivity contribution in [2.45, 2.75) is 26.2 Å². The maximum absolute atomic E-state index is 7.76. The van der Waals surface area contributed by atoms with Crippen molar-refractivity contribution >= 4 is 0 Å². The highest BCUT2D eigenvalue weighted by atomic mass is 16.6. The average Bonchev–Trinajstić information content (AvgIpc) is 1.89. The fourth-order valence-corrected chi connectivity index (χ4v) is 0.483. The van der Waals surface area contributed by atoms with E-state index in [0.717, 1.165) is 19.3 Å². The summed E-state index contributed by atoms with van der Waals surface area (Å²) in [6.07, 6.45) is 3.25. The molecule has 4 heteroatoms. The van der Waals surface area contributed by atoms with Gasteiger partial charge in [0.2, 0.25) is 0 Å². The van der Waals surface area contributed by atoms with Gasteiger partial charge in [-0.15, -0.1) is 0 Å². The predicted octanol–water partition coefficient (Wildman–Crippen LogP) is 1.75. The first-order valence-electron chi connectivity index (χ1n) is 3.08. The van der Waals surface area contributed by atoms with Gasteiger partial charge < -0.3 is 4.84 Å². The van der Waals surface area contributed by atoms with E-state index >= 15 is 0 Å². The second-order valence-electron chi connectivity index (χ2n) is 1.71. The lowest BCUT2D eigenvalue weighted by Gasteiger charge is -1.89. The summed E-state index contributed by atoms with van der Waals surface area (Å²) in [5, 5.41) is 2.92. The first kappa shape index (κ1) is 8.11. The molecule has 0 atom stereocenters. The average molecular weight is 129 g/mol. The van der Waals surface area contributed by atoms with Crippen molar-refractivity contribution in [3.05, 3.63) is 10.4 Å². The normalized spacial score (nSPS) is 8.11. The van der Waals surface area contributed by atoms with Gasteiger partial charge >= 0.3 is 10.8 Å².